The van der Waals surface area contributed by atoms with Crippen molar-refractivity contribution >= 4 is 28.1 Å². The lowest BCUT2D eigenvalue weighted by atomic mass is 9.99. The number of aromatic nitrogens is 1. The molecule has 3 rings (SSSR count). The van der Waals surface area contributed by atoms with Gasteiger partial charge in [-0.3, -0.25) is 4.98 Å². The maximum absolute atomic E-state index is 6.39. The van der Waals surface area contributed by atoms with Crippen molar-refractivity contribution in [3.8, 4) is 11.3 Å². The minimum absolute atomic E-state index is 0.639. The van der Waals surface area contributed by atoms with Gasteiger partial charge in [-0.25, -0.2) is 0 Å². The van der Waals surface area contributed by atoms with Gasteiger partial charge in [0.05, 0.1) is 17.8 Å². The quantitative estimate of drug-likeness (QED) is 0.598. The predicted molar refractivity (Wildman–Crippen MR) is 93.0 cm³/mol. The lowest BCUT2D eigenvalue weighted by molar-refractivity contribution is 0.371. The van der Waals surface area contributed by atoms with E-state index in [-0.39, 0.29) is 0 Å². The van der Waals surface area contributed by atoms with Gasteiger partial charge in [0.2, 0.25) is 0 Å². The van der Waals surface area contributed by atoms with E-state index in [2.05, 4.69) is 29.8 Å². The average Bonchev–Trinajstić information content (AvgIpc) is 2.53. The van der Waals surface area contributed by atoms with Crippen molar-refractivity contribution in [2.75, 3.05) is 7.11 Å². The molecule has 1 heterocycles. The lowest BCUT2D eigenvalue weighted by Gasteiger charge is -2.11. The summed E-state index contributed by atoms with van der Waals surface area (Å²) in [5.74, 6) is 0.639. The van der Waals surface area contributed by atoms with E-state index >= 15 is 0 Å². The second-order valence-electron chi connectivity index (χ2n) is 5.21. The van der Waals surface area contributed by atoms with Gasteiger partial charge in [0.15, 0.2) is 0 Å². The van der Waals surface area contributed by atoms with E-state index < -0.39 is 0 Å². The summed E-state index contributed by atoms with van der Waals surface area (Å²) in [5, 5.41) is 2.86. The number of ether oxygens (including phenoxy) is 1. The molecule has 0 aliphatic heterocycles. The number of pyridine rings is 1. The highest BCUT2D eigenvalue weighted by Gasteiger charge is 2.10. The van der Waals surface area contributed by atoms with Gasteiger partial charge >= 0.3 is 0 Å². The average molecular weight is 310 g/mol. The lowest BCUT2D eigenvalue weighted by Crippen LogP contribution is -1.90. The van der Waals surface area contributed by atoms with Crippen molar-refractivity contribution in [2.24, 2.45) is 0 Å². The zero-order valence-corrected chi connectivity index (χ0v) is 13.3. The van der Waals surface area contributed by atoms with Crippen LogP contribution in [-0.4, -0.2) is 12.1 Å². The van der Waals surface area contributed by atoms with Gasteiger partial charge < -0.3 is 4.74 Å². The summed E-state index contributed by atoms with van der Waals surface area (Å²) in [6, 6.07) is 14.2. The number of benzene rings is 2. The van der Waals surface area contributed by atoms with E-state index in [0.29, 0.717) is 10.8 Å². The molecule has 0 aliphatic carbocycles. The van der Waals surface area contributed by atoms with Crippen LogP contribution >= 0.6 is 11.6 Å². The Morgan fingerprint density at radius 2 is 2.00 bits per heavy atom. The summed E-state index contributed by atoms with van der Waals surface area (Å²) in [6.07, 6.45) is 1.83. The van der Waals surface area contributed by atoms with E-state index in [1.807, 2.05) is 37.4 Å². The molecule has 0 bridgehead atoms. The Morgan fingerprint density at radius 3 is 2.73 bits per heavy atom. The largest absolute Gasteiger partial charge is 0.497 e. The maximum Gasteiger partial charge on any atom is 0.118 e. The molecular weight excluding hydrogens is 294 g/mol. The minimum atomic E-state index is 0.639. The third kappa shape index (κ3) is 2.58. The molecular formula is C19H16ClNO. The molecule has 22 heavy (non-hydrogen) atoms. The van der Waals surface area contributed by atoms with Crippen LogP contribution in [0.1, 0.15) is 11.1 Å². The number of methoxy groups -OCH3 is 1. The third-order valence-electron chi connectivity index (χ3n) is 3.68. The van der Waals surface area contributed by atoms with Crippen LogP contribution in [0.2, 0.25) is 5.02 Å². The van der Waals surface area contributed by atoms with Gasteiger partial charge in [0, 0.05) is 17.3 Å². The zero-order valence-electron chi connectivity index (χ0n) is 12.6. The minimum Gasteiger partial charge on any atom is -0.497 e. The Labute approximate surface area is 135 Å². The molecule has 0 saturated carbocycles. The van der Waals surface area contributed by atoms with Crippen molar-refractivity contribution < 1.29 is 4.74 Å². The summed E-state index contributed by atoms with van der Waals surface area (Å²) in [5.41, 5.74) is 3.79. The number of rotatable bonds is 3. The fourth-order valence-corrected chi connectivity index (χ4v) is 2.82. The topological polar surface area (TPSA) is 22.1 Å². The van der Waals surface area contributed by atoms with Crippen molar-refractivity contribution in [3.05, 3.63) is 71.4 Å². The molecule has 0 radical (unpaired) electrons. The molecule has 0 fully saturated rings. The SMILES string of the molecule is C=C(OC)c1ccc2cccc(-c3ncc(C)cc3Cl)c2c1. The molecule has 3 heteroatoms. The number of fused-ring (bicyclic) bond motifs is 1. The first-order valence-electron chi connectivity index (χ1n) is 6.98. The van der Waals surface area contributed by atoms with Crippen molar-refractivity contribution in [1.29, 1.82) is 0 Å². The molecule has 0 spiro atoms. The molecule has 0 unspecified atom stereocenters. The normalized spacial score (nSPS) is 10.7. The highest BCUT2D eigenvalue weighted by atomic mass is 35.5. The van der Waals surface area contributed by atoms with Crippen molar-refractivity contribution in [2.45, 2.75) is 6.92 Å². The number of aryl methyl sites for hydroxylation is 1. The number of halogens is 1. The van der Waals surface area contributed by atoms with Crippen molar-refractivity contribution in [3.63, 3.8) is 0 Å². The molecule has 0 saturated heterocycles. The number of hydrogen-bond acceptors (Lipinski definition) is 2. The Hall–Kier alpha value is -2.32. The Balaban J connectivity index is 2.26. The van der Waals surface area contributed by atoms with Gasteiger partial charge in [-0.05, 0) is 35.4 Å². The van der Waals surface area contributed by atoms with Gasteiger partial charge in [0.1, 0.15) is 5.76 Å². The highest BCUT2D eigenvalue weighted by molar-refractivity contribution is 6.33. The summed E-state index contributed by atoms with van der Waals surface area (Å²) >= 11 is 6.39. The van der Waals surface area contributed by atoms with E-state index in [1.165, 1.54) is 0 Å². The second kappa shape index (κ2) is 5.82. The highest BCUT2D eigenvalue weighted by Crippen LogP contribution is 2.33. The number of hydrogen-bond donors (Lipinski definition) is 0. The van der Waals surface area contributed by atoms with Crippen LogP contribution in [0.25, 0.3) is 27.8 Å². The van der Waals surface area contributed by atoms with E-state index in [4.69, 9.17) is 16.3 Å². The Kier molecular flexibility index (Phi) is 3.86. The van der Waals surface area contributed by atoms with Gasteiger partial charge in [0.25, 0.3) is 0 Å². The Bertz CT molecular complexity index is 870. The summed E-state index contributed by atoms with van der Waals surface area (Å²) in [4.78, 5) is 4.51. The molecule has 110 valence electrons. The molecule has 1 aromatic heterocycles. The van der Waals surface area contributed by atoms with E-state index in [1.54, 1.807) is 7.11 Å². The van der Waals surface area contributed by atoms with Crippen LogP contribution in [0.3, 0.4) is 0 Å². The maximum atomic E-state index is 6.39. The van der Waals surface area contributed by atoms with Gasteiger partial charge in [-0.1, -0.05) is 48.5 Å². The van der Waals surface area contributed by atoms with E-state index in [0.717, 1.165) is 33.2 Å². The van der Waals surface area contributed by atoms with Crippen LogP contribution in [-0.2, 0) is 4.74 Å². The smallest absolute Gasteiger partial charge is 0.118 e. The van der Waals surface area contributed by atoms with Crippen LogP contribution < -0.4 is 0 Å². The third-order valence-corrected chi connectivity index (χ3v) is 3.97. The van der Waals surface area contributed by atoms with Gasteiger partial charge in [-0.2, -0.15) is 0 Å². The standard InChI is InChI=1S/C19H16ClNO/c1-12-9-18(20)19(21-11-12)16-6-4-5-14-7-8-15(10-17(14)16)13(2)22-3/h4-11H,2H2,1,3H3. The molecule has 0 amide bonds. The van der Waals surface area contributed by atoms with Crippen LogP contribution in [0.5, 0.6) is 0 Å². The molecule has 0 atom stereocenters. The molecule has 2 nitrogen and oxygen atoms in total. The van der Waals surface area contributed by atoms with Gasteiger partial charge in [-0.15, -0.1) is 0 Å². The molecule has 0 aliphatic rings. The molecule has 0 N–H and O–H groups in total. The fourth-order valence-electron chi connectivity index (χ4n) is 2.50. The first-order chi connectivity index (χ1) is 10.6. The second-order valence-corrected chi connectivity index (χ2v) is 5.62. The zero-order chi connectivity index (χ0) is 15.7. The number of nitrogens with zero attached hydrogens (tertiary/aromatic N) is 1. The monoisotopic (exact) mass is 309 g/mol. The summed E-state index contributed by atoms with van der Waals surface area (Å²) < 4.78 is 5.23. The van der Waals surface area contributed by atoms with Crippen LogP contribution in [0.4, 0.5) is 0 Å². The molecule has 2 aromatic carbocycles. The first kappa shape index (κ1) is 14.6. The Morgan fingerprint density at radius 1 is 1.18 bits per heavy atom. The van der Waals surface area contributed by atoms with Crippen LogP contribution in [0, 0.1) is 6.92 Å². The van der Waals surface area contributed by atoms with Crippen molar-refractivity contribution in [1.82, 2.24) is 4.98 Å². The summed E-state index contributed by atoms with van der Waals surface area (Å²) in [7, 11) is 1.62. The first-order valence-corrected chi connectivity index (χ1v) is 7.36. The summed E-state index contributed by atoms with van der Waals surface area (Å²) in [6.45, 7) is 5.90. The molecule has 3 aromatic rings. The van der Waals surface area contributed by atoms with E-state index in [9.17, 15) is 0 Å². The predicted octanol–water partition coefficient (Wildman–Crippen LogP) is 5.48. The fraction of sp³-hybridized carbons (Fsp3) is 0.105. The van der Waals surface area contributed by atoms with Crippen LogP contribution in [0.15, 0.2) is 55.2 Å².